The van der Waals surface area contributed by atoms with Crippen molar-refractivity contribution in [2.75, 3.05) is 20.3 Å². The van der Waals surface area contributed by atoms with E-state index in [2.05, 4.69) is 10.3 Å². The fourth-order valence-electron chi connectivity index (χ4n) is 3.94. The van der Waals surface area contributed by atoms with Gasteiger partial charge < -0.3 is 24.9 Å². The van der Waals surface area contributed by atoms with Crippen molar-refractivity contribution in [2.24, 2.45) is 0 Å². The number of amides is 1. The maximum Gasteiger partial charge on any atom is 0.255 e. The number of H-pyrrole nitrogens is 1. The lowest BCUT2D eigenvalue weighted by Crippen LogP contribution is -2.39. The Morgan fingerprint density at radius 1 is 1.06 bits per heavy atom. The number of hydrogen-bond acceptors (Lipinski definition) is 4. The number of ether oxygens (including phenoxy) is 2. The number of aromatic nitrogens is 1. The lowest BCUT2D eigenvalue weighted by molar-refractivity contribution is 0.0913. The molecule has 33 heavy (non-hydrogen) atoms. The van der Waals surface area contributed by atoms with Gasteiger partial charge in [-0.1, -0.05) is 36.4 Å². The summed E-state index contributed by atoms with van der Waals surface area (Å²) in [4.78, 5) is 16.5. The molecule has 0 aliphatic rings. The predicted molar refractivity (Wildman–Crippen MR) is 130 cm³/mol. The van der Waals surface area contributed by atoms with E-state index in [1.165, 1.54) is 0 Å². The van der Waals surface area contributed by atoms with E-state index in [1.54, 1.807) is 7.11 Å². The third-order valence-electron chi connectivity index (χ3n) is 5.64. The molecule has 1 aromatic heterocycles. The SMILES string of the molecule is CCOc1ccc(-c2ccc(OC)cc2)cc1C(=O)N[C@@H](CO)Cc1c[nH]c2ccccc12. The molecule has 6 nitrogen and oxygen atoms in total. The number of carbonyl (C=O) groups is 1. The molecule has 0 spiro atoms. The van der Waals surface area contributed by atoms with E-state index < -0.39 is 6.04 Å². The molecule has 0 aliphatic carbocycles. The molecule has 0 aliphatic heterocycles. The topological polar surface area (TPSA) is 83.6 Å². The minimum absolute atomic E-state index is 0.173. The van der Waals surface area contributed by atoms with Crippen molar-refractivity contribution >= 4 is 16.8 Å². The molecule has 0 saturated carbocycles. The Morgan fingerprint density at radius 3 is 2.55 bits per heavy atom. The van der Waals surface area contributed by atoms with Crippen LogP contribution in [0.1, 0.15) is 22.8 Å². The van der Waals surface area contributed by atoms with Gasteiger partial charge in [0.25, 0.3) is 5.91 Å². The third-order valence-corrected chi connectivity index (χ3v) is 5.64. The van der Waals surface area contributed by atoms with Crippen molar-refractivity contribution < 1.29 is 19.4 Å². The second kappa shape index (κ2) is 10.2. The molecule has 0 saturated heterocycles. The summed E-state index contributed by atoms with van der Waals surface area (Å²) < 4.78 is 10.9. The number of aromatic amines is 1. The van der Waals surface area contributed by atoms with Gasteiger partial charge in [-0.3, -0.25) is 4.79 Å². The van der Waals surface area contributed by atoms with Crippen LogP contribution in [0.5, 0.6) is 11.5 Å². The standard InChI is InChI=1S/C27H28N2O4/c1-3-33-26-13-10-19(18-8-11-22(32-2)12-9-18)15-24(26)27(31)29-21(17-30)14-20-16-28-25-7-5-4-6-23(20)25/h4-13,15-16,21,28,30H,3,14,17H2,1-2H3,(H,29,31)/t21-/m1/s1. The van der Waals surface area contributed by atoms with Crippen LogP contribution >= 0.6 is 0 Å². The first-order chi connectivity index (χ1) is 16.1. The van der Waals surface area contributed by atoms with E-state index in [-0.39, 0.29) is 12.5 Å². The second-order valence-electron chi connectivity index (χ2n) is 7.79. The minimum Gasteiger partial charge on any atom is -0.497 e. The van der Waals surface area contributed by atoms with Crippen LogP contribution in [-0.2, 0) is 6.42 Å². The summed E-state index contributed by atoms with van der Waals surface area (Å²) in [6.45, 7) is 2.15. The smallest absolute Gasteiger partial charge is 0.255 e. The maximum atomic E-state index is 13.3. The highest BCUT2D eigenvalue weighted by atomic mass is 16.5. The molecular weight excluding hydrogens is 416 g/mol. The molecule has 6 heteroatoms. The number of carbonyl (C=O) groups excluding carboxylic acids is 1. The monoisotopic (exact) mass is 444 g/mol. The van der Waals surface area contributed by atoms with E-state index in [0.717, 1.165) is 33.3 Å². The number of aliphatic hydroxyl groups is 1. The van der Waals surface area contributed by atoms with Crippen LogP contribution in [0.25, 0.3) is 22.0 Å². The molecule has 0 unspecified atom stereocenters. The number of hydrogen-bond donors (Lipinski definition) is 3. The lowest BCUT2D eigenvalue weighted by atomic mass is 10.0. The first-order valence-corrected chi connectivity index (χ1v) is 11.0. The van der Waals surface area contributed by atoms with E-state index in [9.17, 15) is 9.90 Å². The van der Waals surface area contributed by atoms with Gasteiger partial charge in [-0.05, 0) is 60.4 Å². The average molecular weight is 445 g/mol. The summed E-state index contributed by atoms with van der Waals surface area (Å²) in [7, 11) is 1.63. The number of rotatable bonds is 9. The predicted octanol–water partition coefficient (Wildman–Crippen LogP) is 4.58. The fourth-order valence-corrected chi connectivity index (χ4v) is 3.94. The van der Waals surface area contributed by atoms with Crippen LogP contribution in [0.3, 0.4) is 0 Å². The largest absolute Gasteiger partial charge is 0.497 e. The molecule has 0 radical (unpaired) electrons. The highest BCUT2D eigenvalue weighted by Crippen LogP contribution is 2.28. The summed E-state index contributed by atoms with van der Waals surface area (Å²) in [6.07, 6.45) is 2.43. The Labute approximate surface area is 193 Å². The Kier molecular flexibility index (Phi) is 6.95. The summed E-state index contributed by atoms with van der Waals surface area (Å²) in [5.41, 5.74) is 4.36. The fraction of sp³-hybridized carbons (Fsp3) is 0.222. The second-order valence-corrected chi connectivity index (χ2v) is 7.79. The molecular formula is C27H28N2O4. The first-order valence-electron chi connectivity index (χ1n) is 11.0. The van der Waals surface area contributed by atoms with E-state index >= 15 is 0 Å². The van der Waals surface area contributed by atoms with Crippen molar-refractivity contribution in [3.8, 4) is 22.6 Å². The molecule has 1 amide bonds. The maximum absolute atomic E-state index is 13.3. The average Bonchev–Trinajstić information content (AvgIpc) is 3.26. The molecule has 3 aromatic carbocycles. The molecule has 1 atom stereocenters. The van der Waals surface area contributed by atoms with Gasteiger partial charge in [-0.15, -0.1) is 0 Å². The zero-order valence-corrected chi connectivity index (χ0v) is 18.8. The first kappa shape index (κ1) is 22.4. The Hall–Kier alpha value is -3.77. The summed E-state index contributed by atoms with van der Waals surface area (Å²) >= 11 is 0. The highest BCUT2D eigenvalue weighted by molar-refractivity contribution is 5.98. The summed E-state index contributed by atoms with van der Waals surface area (Å²) in [6, 6.07) is 20.8. The normalized spacial score (nSPS) is 11.8. The summed E-state index contributed by atoms with van der Waals surface area (Å²) in [5.74, 6) is 0.995. The van der Waals surface area contributed by atoms with Crippen molar-refractivity contribution in [1.82, 2.24) is 10.3 Å². The van der Waals surface area contributed by atoms with Crippen molar-refractivity contribution in [3.63, 3.8) is 0 Å². The molecule has 0 bridgehead atoms. The number of aliphatic hydroxyl groups excluding tert-OH is 1. The number of para-hydroxylation sites is 1. The van der Waals surface area contributed by atoms with Gasteiger partial charge >= 0.3 is 0 Å². The van der Waals surface area contributed by atoms with Gasteiger partial charge in [0.1, 0.15) is 11.5 Å². The quantitative estimate of drug-likeness (QED) is 0.353. The van der Waals surface area contributed by atoms with Gasteiger partial charge in [0, 0.05) is 17.1 Å². The van der Waals surface area contributed by atoms with E-state index in [0.29, 0.717) is 24.3 Å². The Morgan fingerprint density at radius 2 is 1.82 bits per heavy atom. The lowest BCUT2D eigenvalue weighted by Gasteiger charge is -2.18. The van der Waals surface area contributed by atoms with Gasteiger partial charge in [-0.2, -0.15) is 0 Å². The number of methoxy groups -OCH3 is 1. The van der Waals surface area contributed by atoms with Crippen LogP contribution in [0.2, 0.25) is 0 Å². The van der Waals surface area contributed by atoms with Crippen molar-refractivity contribution in [1.29, 1.82) is 0 Å². The zero-order chi connectivity index (χ0) is 23.2. The number of nitrogens with one attached hydrogen (secondary N) is 2. The van der Waals surface area contributed by atoms with Crippen LogP contribution in [0.15, 0.2) is 72.9 Å². The Bertz CT molecular complexity index is 1230. The van der Waals surface area contributed by atoms with Crippen LogP contribution < -0.4 is 14.8 Å². The van der Waals surface area contributed by atoms with Gasteiger partial charge in [0.15, 0.2) is 0 Å². The third kappa shape index (κ3) is 5.02. The van der Waals surface area contributed by atoms with Crippen molar-refractivity contribution in [3.05, 3.63) is 84.1 Å². The molecule has 1 heterocycles. The van der Waals surface area contributed by atoms with Crippen LogP contribution in [0, 0.1) is 0 Å². The van der Waals surface area contributed by atoms with E-state index in [4.69, 9.17) is 9.47 Å². The van der Waals surface area contributed by atoms with Crippen LogP contribution in [0.4, 0.5) is 0 Å². The van der Waals surface area contributed by atoms with Gasteiger partial charge in [0.2, 0.25) is 0 Å². The molecule has 0 fully saturated rings. The Balaban J connectivity index is 1.58. The van der Waals surface area contributed by atoms with E-state index in [1.807, 2.05) is 79.9 Å². The molecule has 170 valence electrons. The number of benzene rings is 3. The molecule has 4 aromatic rings. The zero-order valence-electron chi connectivity index (χ0n) is 18.8. The van der Waals surface area contributed by atoms with Crippen molar-refractivity contribution in [2.45, 2.75) is 19.4 Å². The molecule has 4 rings (SSSR count). The summed E-state index contributed by atoms with van der Waals surface area (Å²) in [5, 5.41) is 14.0. The number of fused-ring (bicyclic) bond motifs is 1. The van der Waals surface area contributed by atoms with Gasteiger partial charge in [0.05, 0.1) is 31.9 Å². The minimum atomic E-state index is -0.434. The van der Waals surface area contributed by atoms with Gasteiger partial charge in [-0.25, -0.2) is 0 Å². The highest BCUT2D eigenvalue weighted by Gasteiger charge is 2.19. The van der Waals surface area contributed by atoms with Crippen LogP contribution in [-0.4, -0.2) is 42.4 Å². The molecule has 3 N–H and O–H groups in total.